The third kappa shape index (κ3) is 5.89. The van der Waals surface area contributed by atoms with E-state index < -0.39 is 0 Å². The van der Waals surface area contributed by atoms with E-state index in [2.05, 4.69) is 53.4 Å². The second kappa shape index (κ2) is 10.5. The zero-order chi connectivity index (χ0) is 20.6. The Morgan fingerprint density at radius 2 is 1.72 bits per heavy atom. The minimum Gasteiger partial charge on any atom is -0.493 e. The molecule has 0 saturated heterocycles. The molecule has 154 valence electrons. The molecule has 0 radical (unpaired) electrons. The summed E-state index contributed by atoms with van der Waals surface area (Å²) >= 11 is 1.72. The van der Waals surface area contributed by atoms with Gasteiger partial charge in [0.1, 0.15) is 0 Å². The number of benzene rings is 3. The molecule has 0 heterocycles. The van der Waals surface area contributed by atoms with Crippen molar-refractivity contribution in [1.82, 2.24) is 4.90 Å². The topological polar surface area (TPSA) is 41.9 Å². The van der Waals surface area contributed by atoms with E-state index in [0.29, 0.717) is 12.3 Å². The Balaban J connectivity index is 1.48. The van der Waals surface area contributed by atoms with E-state index in [1.165, 1.54) is 21.2 Å². The van der Waals surface area contributed by atoms with Crippen molar-refractivity contribution in [2.75, 3.05) is 40.1 Å². The number of hydrogen-bond acceptors (Lipinski definition) is 5. The Morgan fingerprint density at radius 3 is 2.52 bits per heavy atom. The summed E-state index contributed by atoms with van der Waals surface area (Å²) in [6, 6.07) is 20.7. The molecule has 1 unspecified atom stereocenters. The maximum absolute atomic E-state index is 10.5. The Labute approximate surface area is 177 Å². The summed E-state index contributed by atoms with van der Waals surface area (Å²) in [5.41, 5.74) is 1.19. The first-order valence-corrected chi connectivity index (χ1v) is 10.8. The van der Waals surface area contributed by atoms with Crippen LogP contribution in [0.2, 0.25) is 0 Å². The monoisotopic (exact) mass is 411 g/mol. The van der Waals surface area contributed by atoms with Crippen LogP contribution < -0.4 is 9.47 Å². The van der Waals surface area contributed by atoms with Gasteiger partial charge >= 0.3 is 0 Å². The number of rotatable bonds is 10. The van der Waals surface area contributed by atoms with Crippen LogP contribution in [0.15, 0.2) is 65.6 Å². The van der Waals surface area contributed by atoms with Gasteiger partial charge in [-0.15, -0.1) is 11.8 Å². The Bertz CT molecular complexity index is 926. The summed E-state index contributed by atoms with van der Waals surface area (Å²) in [4.78, 5) is 3.39. The van der Waals surface area contributed by atoms with Crippen LogP contribution in [0.5, 0.6) is 11.5 Å². The van der Waals surface area contributed by atoms with Crippen molar-refractivity contribution in [2.24, 2.45) is 0 Å². The number of fused-ring (bicyclic) bond motifs is 1. The number of methoxy groups -OCH3 is 2. The number of nitrogens with zero attached hydrogens (tertiary/aromatic N) is 1. The minimum absolute atomic E-state index is 0.380. The summed E-state index contributed by atoms with van der Waals surface area (Å²) in [5, 5.41) is 13.0. The first kappa shape index (κ1) is 21.5. The molecule has 0 bridgehead atoms. The summed E-state index contributed by atoms with van der Waals surface area (Å²) in [5.74, 6) is 2.17. The van der Waals surface area contributed by atoms with Gasteiger partial charge in [-0.25, -0.2) is 0 Å². The van der Waals surface area contributed by atoms with E-state index >= 15 is 0 Å². The highest BCUT2D eigenvalue weighted by molar-refractivity contribution is 7.99. The van der Waals surface area contributed by atoms with E-state index in [-0.39, 0.29) is 6.10 Å². The number of aliphatic hydroxyl groups excluding tert-OH is 1. The van der Waals surface area contributed by atoms with Gasteiger partial charge in [-0.05, 0) is 48.0 Å². The smallest absolute Gasteiger partial charge is 0.160 e. The standard InChI is InChI=1S/C24H29NO3S/c1-25(14-13-18-11-12-22(27-2)23(15-18)28-3)16-20(26)17-29-24-10-6-8-19-7-4-5-9-21(19)24/h4-12,15,20,26H,13-14,16-17H2,1-3H3. The average molecular weight is 412 g/mol. The molecule has 3 aromatic rings. The third-order valence-corrected chi connectivity index (χ3v) is 6.15. The molecule has 1 N–H and O–H groups in total. The van der Waals surface area contributed by atoms with E-state index in [9.17, 15) is 5.11 Å². The van der Waals surface area contributed by atoms with Gasteiger partial charge in [0.15, 0.2) is 11.5 Å². The first-order valence-electron chi connectivity index (χ1n) is 9.78. The molecule has 0 aliphatic carbocycles. The van der Waals surface area contributed by atoms with Crippen LogP contribution in [0.1, 0.15) is 5.56 Å². The second-order valence-electron chi connectivity index (χ2n) is 7.14. The van der Waals surface area contributed by atoms with Crippen LogP contribution in [0.25, 0.3) is 10.8 Å². The highest BCUT2D eigenvalue weighted by Gasteiger charge is 2.11. The largest absolute Gasteiger partial charge is 0.493 e. The molecular weight excluding hydrogens is 382 g/mol. The van der Waals surface area contributed by atoms with Crippen molar-refractivity contribution in [3.8, 4) is 11.5 Å². The lowest BCUT2D eigenvalue weighted by atomic mass is 10.1. The Kier molecular flexibility index (Phi) is 7.81. The SMILES string of the molecule is COc1ccc(CCN(C)CC(O)CSc2cccc3ccccc23)cc1OC. The van der Waals surface area contributed by atoms with E-state index in [1.807, 2.05) is 19.2 Å². The molecule has 1 atom stereocenters. The van der Waals surface area contributed by atoms with E-state index in [1.54, 1.807) is 26.0 Å². The van der Waals surface area contributed by atoms with Gasteiger partial charge in [0, 0.05) is 23.7 Å². The summed E-state index contributed by atoms with van der Waals surface area (Å²) in [6.07, 6.45) is 0.509. The number of aliphatic hydroxyl groups is 1. The molecule has 0 aliphatic rings. The maximum atomic E-state index is 10.5. The second-order valence-corrected chi connectivity index (χ2v) is 8.21. The number of ether oxygens (including phenoxy) is 2. The molecular formula is C24H29NO3S. The number of thioether (sulfide) groups is 1. The van der Waals surface area contributed by atoms with Gasteiger partial charge in [-0.2, -0.15) is 0 Å². The first-order chi connectivity index (χ1) is 14.1. The van der Waals surface area contributed by atoms with Gasteiger partial charge in [0.2, 0.25) is 0 Å². The molecule has 0 amide bonds. The van der Waals surface area contributed by atoms with Crippen molar-refractivity contribution in [2.45, 2.75) is 17.4 Å². The quantitative estimate of drug-likeness (QED) is 0.498. The fourth-order valence-electron chi connectivity index (χ4n) is 3.37. The molecule has 0 saturated carbocycles. The zero-order valence-corrected chi connectivity index (χ0v) is 18.1. The van der Waals surface area contributed by atoms with Gasteiger partial charge < -0.3 is 19.5 Å². The summed E-state index contributed by atoms with van der Waals surface area (Å²) in [6.45, 7) is 1.51. The Hall–Kier alpha value is -2.21. The van der Waals surface area contributed by atoms with Crippen LogP contribution in [-0.2, 0) is 6.42 Å². The summed E-state index contributed by atoms with van der Waals surface area (Å²) < 4.78 is 10.7. The molecule has 0 spiro atoms. The van der Waals surface area contributed by atoms with Crippen molar-refractivity contribution in [1.29, 1.82) is 0 Å². The predicted molar refractivity (Wildman–Crippen MR) is 121 cm³/mol. The lowest BCUT2D eigenvalue weighted by Crippen LogP contribution is -2.32. The summed E-state index contributed by atoms with van der Waals surface area (Å²) in [7, 11) is 5.34. The van der Waals surface area contributed by atoms with Crippen molar-refractivity contribution >= 4 is 22.5 Å². The van der Waals surface area contributed by atoms with Crippen LogP contribution in [0.3, 0.4) is 0 Å². The van der Waals surface area contributed by atoms with Gasteiger partial charge in [-0.1, -0.05) is 42.5 Å². The fourth-order valence-corrected chi connectivity index (χ4v) is 4.36. The number of hydrogen-bond donors (Lipinski definition) is 1. The van der Waals surface area contributed by atoms with Crippen molar-refractivity contribution in [3.05, 3.63) is 66.2 Å². The molecule has 5 heteroatoms. The molecule has 0 aromatic heterocycles. The van der Waals surface area contributed by atoms with Gasteiger partial charge in [0.05, 0.1) is 20.3 Å². The lowest BCUT2D eigenvalue weighted by molar-refractivity contribution is 0.146. The predicted octanol–water partition coefficient (Wildman–Crippen LogP) is 4.48. The normalized spacial score (nSPS) is 12.3. The lowest BCUT2D eigenvalue weighted by Gasteiger charge is -2.21. The van der Waals surface area contributed by atoms with E-state index in [0.717, 1.165) is 24.5 Å². The van der Waals surface area contributed by atoms with Gasteiger partial charge in [0.25, 0.3) is 0 Å². The van der Waals surface area contributed by atoms with Crippen LogP contribution in [-0.4, -0.2) is 56.2 Å². The molecule has 0 fully saturated rings. The minimum atomic E-state index is -0.380. The van der Waals surface area contributed by atoms with Gasteiger partial charge in [-0.3, -0.25) is 0 Å². The highest BCUT2D eigenvalue weighted by Crippen LogP contribution is 2.29. The van der Waals surface area contributed by atoms with Crippen LogP contribution in [0, 0.1) is 0 Å². The average Bonchev–Trinajstić information content (AvgIpc) is 2.76. The number of likely N-dealkylation sites (N-methyl/N-ethyl adjacent to an activating group) is 1. The zero-order valence-electron chi connectivity index (χ0n) is 17.3. The third-order valence-electron chi connectivity index (χ3n) is 4.93. The van der Waals surface area contributed by atoms with Crippen molar-refractivity contribution in [3.63, 3.8) is 0 Å². The molecule has 4 nitrogen and oxygen atoms in total. The van der Waals surface area contributed by atoms with E-state index in [4.69, 9.17) is 9.47 Å². The maximum Gasteiger partial charge on any atom is 0.160 e. The highest BCUT2D eigenvalue weighted by atomic mass is 32.2. The molecule has 0 aliphatic heterocycles. The van der Waals surface area contributed by atoms with Crippen LogP contribution >= 0.6 is 11.8 Å². The molecule has 3 rings (SSSR count). The fraction of sp³-hybridized carbons (Fsp3) is 0.333. The molecule has 3 aromatic carbocycles. The van der Waals surface area contributed by atoms with Crippen molar-refractivity contribution < 1.29 is 14.6 Å². The molecule has 29 heavy (non-hydrogen) atoms. The Morgan fingerprint density at radius 1 is 0.966 bits per heavy atom. The van der Waals surface area contributed by atoms with Crippen LogP contribution in [0.4, 0.5) is 0 Å².